The van der Waals surface area contributed by atoms with Gasteiger partial charge in [0.2, 0.25) is 0 Å². The Hall–Kier alpha value is -2.48. The monoisotopic (exact) mass is 274 g/mol. The SMILES string of the molecule is C=C(CCC(=C)c1ncccn1)c1ccc2c(c1)C=CC2. The number of hydrogen-bond acceptors (Lipinski definition) is 2. The van der Waals surface area contributed by atoms with Crippen molar-refractivity contribution in [3.05, 3.63) is 78.4 Å². The van der Waals surface area contributed by atoms with E-state index in [1.807, 2.05) is 6.07 Å². The minimum absolute atomic E-state index is 0.724. The summed E-state index contributed by atoms with van der Waals surface area (Å²) in [6, 6.07) is 8.40. The van der Waals surface area contributed by atoms with Gasteiger partial charge in [0.15, 0.2) is 5.82 Å². The van der Waals surface area contributed by atoms with Crippen molar-refractivity contribution in [2.45, 2.75) is 19.3 Å². The van der Waals surface area contributed by atoms with E-state index in [2.05, 4.69) is 53.5 Å². The lowest BCUT2D eigenvalue weighted by molar-refractivity contribution is 1.03. The smallest absolute Gasteiger partial charge is 0.154 e. The van der Waals surface area contributed by atoms with E-state index in [9.17, 15) is 0 Å². The van der Waals surface area contributed by atoms with Crippen LogP contribution in [0.15, 0.2) is 55.9 Å². The first-order valence-corrected chi connectivity index (χ1v) is 7.17. The predicted octanol–water partition coefficient (Wildman–Crippen LogP) is 4.55. The maximum Gasteiger partial charge on any atom is 0.154 e. The quantitative estimate of drug-likeness (QED) is 0.799. The molecule has 0 saturated heterocycles. The lowest BCUT2D eigenvalue weighted by atomic mass is 9.97. The van der Waals surface area contributed by atoms with Crippen molar-refractivity contribution >= 4 is 17.2 Å². The maximum atomic E-state index is 4.23. The van der Waals surface area contributed by atoms with Gasteiger partial charge in [0.05, 0.1) is 0 Å². The molecule has 1 heterocycles. The highest BCUT2D eigenvalue weighted by Crippen LogP contribution is 2.27. The van der Waals surface area contributed by atoms with Crippen molar-refractivity contribution in [3.8, 4) is 0 Å². The summed E-state index contributed by atoms with van der Waals surface area (Å²) in [4.78, 5) is 8.45. The molecule has 1 aliphatic carbocycles. The topological polar surface area (TPSA) is 25.8 Å². The molecule has 0 radical (unpaired) electrons. The Bertz CT molecular complexity index is 712. The summed E-state index contributed by atoms with van der Waals surface area (Å²) < 4.78 is 0. The average molecular weight is 274 g/mol. The van der Waals surface area contributed by atoms with Gasteiger partial charge < -0.3 is 0 Å². The van der Waals surface area contributed by atoms with E-state index in [1.165, 1.54) is 16.7 Å². The Balaban J connectivity index is 1.64. The van der Waals surface area contributed by atoms with Gasteiger partial charge in [-0.1, -0.05) is 37.4 Å². The number of fused-ring (bicyclic) bond motifs is 1. The van der Waals surface area contributed by atoms with Gasteiger partial charge in [-0.3, -0.25) is 0 Å². The highest BCUT2D eigenvalue weighted by molar-refractivity contribution is 5.71. The standard InChI is InChI=1S/C19H18N2/c1-14(7-8-15(2)19-20-11-4-12-21-19)17-10-9-16-5-3-6-18(16)13-17/h3-4,6,9-13H,1-2,5,7-8H2. The van der Waals surface area contributed by atoms with Crippen molar-refractivity contribution in [1.29, 1.82) is 0 Å². The summed E-state index contributed by atoms with van der Waals surface area (Å²) >= 11 is 0. The lowest BCUT2D eigenvalue weighted by Crippen LogP contribution is -1.93. The van der Waals surface area contributed by atoms with Crippen molar-refractivity contribution in [2.75, 3.05) is 0 Å². The molecule has 0 unspecified atom stereocenters. The van der Waals surface area contributed by atoms with Crippen LogP contribution in [-0.4, -0.2) is 9.97 Å². The van der Waals surface area contributed by atoms with Crippen LogP contribution in [0.1, 0.15) is 35.4 Å². The van der Waals surface area contributed by atoms with E-state index in [1.54, 1.807) is 12.4 Å². The molecule has 3 rings (SSSR count). The second kappa shape index (κ2) is 5.88. The largest absolute Gasteiger partial charge is 0.237 e. The molecule has 1 aromatic carbocycles. The van der Waals surface area contributed by atoms with E-state index < -0.39 is 0 Å². The van der Waals surface area contributed by atoms with Gasteiger partial charge in [0.25, 0.3) is 0 Å². The number of benzene rings is 1. The average Bonchev–Trinajstić information content (AvgIpc) is 3.00. The molecule has 0 N–H and O–H groups in total. The predicted molar refractivity (Wildman–Crippen MR) is 88.5 cm³/mol. The van der Waals surface area contributed by atoms with Gasteiger partial charge in [0.1, 0.15) is 0 Å². The van der Waals surface area contributed by atoms with E-state index in [0.717, 1.165) is 36.2 Å². The molecule has 0 aliphatic heterocycles. The van der Waals surface area contributed by atoms with Crippen LogP contribution in [0, 0.1) is 0 Å². The van der Waals surface area contributed by atoms with E-state index >= 15 is 0 Å². The zero-order valence-corrected chi connectivity index (χ0v) is 12.0. The van der Waals surface area contributed by atoms with Crippen LogP contribution < -0.4 is 0 Å². The van der Waals surface area contributed by atoms with Gasteiger partial charge in [0, 0.05) is 12.4 Å². The molecular weight excluding hydrogens is 256 g/mol. The van der Waals surface area contributed by atoms with Crippen LogP contribution in [0.5, 0.6) is 0 Å². The Morgan fingerprint density at radius 3 is 2.62 bits per heavy atom. The second-order valence-corrected chi connectivity index (χ2v) is 5.30. The number of aromatic nitrogens is 2. The molecule has 2 aromatic rings. The minimum atomic E-state index is 0.724. The summed E-state index contributed by atoms with van der Waals surface area (Å²) in [5.41, 5.74) is 6.02. The molecule has 0 bridgehead atoms. The van der Waals surface area contributed by atoms with E-state index in [4.69, 9.17) is 0 Å². The first-order chi connectivity index (χ1) is 10.2. The Morgan fingerprint density at radius 2 is 1.81 bits per heavy atom. The molecule has 0 fully saturated rings. The highest BCUT2D eigenvalue weighted by Gasteiger charge is 2.08. The lowest BCUT2D eigenvalue weighted by Gasteiger charge is -2.09. The molecule has 104 valence electrons. The molecule has 21 heavy (non-hydrogen) atoms. The first-order valence-electron chi connectivity index (χ1n) is 7.17. The zero-order valence-electron chi connectivity index (χ0n) is 12.0. The van der Waals surface area contributed by atoms with Gasteiger partial charge in [-0.15, -0.1) is 0 Å². The molecule has 0 amide bonds. The maximum absolute atomic E-state index is 4.23. The van der Waals surface area contributed by atoms with E-state index in [-0.39, 0.29) is 0 Å². The Morgan fingerprint density at radius 1 is 1.05 bits per heavy atom. The summed E-state index contributed by atoms with van der Waals surface area (Å²) in [7, 11) is 0. The number of hydrogen-bond donors (Lipinski definition) is 0. The highest BCUT2D eigenvalue weighted by atomic mass is 14.9. The van der Waals surface area contributed by atoms with Crippen LogP contribution in [0.2, 0.25) is 0 Å². The van der Waals surface area contributed by atoms with Gasteiger partial charge in [-0.2, -0.15) is 0 Å². The van der Waals surface area contributed by atoms with Crippen LogP contribution in [0.25, 0.3) is 17.2 Å². The van der Waals surface area contributed by atoms with Crippen molar-refractivity contribution < 1.29 is 0 Å². The third-order valence-corrected chi connectivity index (χ3v) is 3.80. The molecular formula is C19H18N2. The molecule has 1 aromatic heterocycles. The summed E-state index contributed by atoms with van der Waals surface area (Å²) in [5, 5.41) is 0. The second-order valence-electron chi connectivity index (χ2n) is 5.30. The molecule has 0 atom stereocenters. The van der Waals surface area contributed by atoms with Crippen molar-refractivity contribution in [1.82, 2.24) is 9.97 Å². The summed E-state index contributed by atoms with van der Waals surface area (Å²) in [6.45, 7) is 8.28. The number of allylic oxidation sites excluding steroid dienone is 3. The van der Waals surface area contributed by atoms with Crippen molar-refractivity contribution in [3.63, 3.8) is 0 Å². The third kappa shape index (κ3) is 3.00. The van der Waals surface area contributed by atoms with Gasteiger partial charge >= 0.3 is 0 Å². The fraction of sp³-hybridized carbons (Fsp3) is 0.158. The molecule has 0 saturated carbocycles. The Labute approximate surface area is 125 Å². The zero-order chi connectivity index (χ0) is 14.7. The number of rotatable bonds is 5. The summed E-state index contributed by atoms with van der Waals surface area (Å²) in [6.07, 6.45) is 10.6. The van der Waals surface area contributed by atoms with Crippen molar-refractivity contribution in [2.24, 2.45) is 0 Å². The fourth-order valence-corrected chi connectivity index (χ4v) is 2.51. The van der Waals surface area contributed by atoms with Crippen LogP contribution in [-0.2, 0) is 6.42 Å². The van der Waals surface area contributed by atoms with E-state index in [0.29, 0.717) is 0 Å². The third-order valence-electron chi connectivity index (χ3n) is 3.80. The van der Waals surface area contributed by atoms with Gasteiger partial charge in [-0.05, 0) is 59.2 Å². The summed E-state index contributed by atoms with van der Waals surface area (Å²) in [5.74, 6) is 0.724. The first kappa shape index (κ1) is 13.5. The normalized spacial score (nSPS) is 12.2. The van der Waals surface area contributed by atoms with Crippen LogP contribution in [0.4, 0.5) is 0 Å². The molecule has 2 heteroatoms. The minimum Gasteiger partial charge on any atom is -0.237 e. The van der Waals surface area contributed by atoms with Gasteiger partial charge in [-0.25, -0.2) is 9.97 Å². The molecule has 2 nitrogen and oxygen atoms in total. The fourth-order valence-electron chi connectivity index (χ4n) is 2.51. The molecule has 1 aliphatic rings. The molecule has 0 spiro atoms. The van der Waals surface area contributed by atoms with Crippen LogP contribution >= 0.6 is 0 Å². The van der Waals surface area contributed by atoms with Crippen LogP contribution in [0.3, 0.4) is 0 Å². The number of nitrogens with zero attached hydrogens (tertiary/aromatic N) is 2. The Kier molecular flexibility index (Phi) is 3.78.